The summed E-state index contributed by atoms with van der Waals surface area (Å²) in [7, 11) is 0. The fourth-order valence-corrected chi connectivity index (χ4v) is 2.56. The number of aryl methyl sites for hydroxylation is 1. The number of hydrogen-bond acceptors (Lipinski definition) is 4. The van der Waals surface area contributed by atoms with Crippen LogP contribution in [0.4, 0.5) is 0 Å². The van der Waals surface area contributed by atoms with Gasteiger partial charge in [0.25, 0.3) is 11.8 Å². The van der Waals surface area contributed by atoms with Crippen LogP contribution in [0.2, 0.25) is 0 Å². The number of fused-ring (bicyclic) bond motifs is 1. The van der Waals surface area contributed by atoms with Crippen molar-refractivity contribution >= 4 is 24.1 Å². The zero-order valence-corrected chi connectivity index (χ0v) is 11.9. The predicted octanol–water partition coefficient (Wildman–Crippen LogP) is 1.03. The Hall–Kier alpha value is -2.50. The molecule has 21 heavy (non-hydrogen) atoms. The minimum atomic E-state index is -0.966. The number of carbonyl (C=O) groups excluding carboxylic acids is 4. The summed E-state index contributed by atoms with van der Waals surface area (Å²) in [5.74, 6) is -1.61. The lowest BCUT2D eigenvalue weighted by Gasteiger charge is -2.24. The first-order chi connectivity index (χ1) is 10.0. The van der Waals surface area contributed by atoms with E-state index in [4.69, 9.17) is 0 Å². The van der Waals surface area contributed by atoms with Gasteiger partial charge in [0.2, 0.25) is 12.3 Å². The molecule has 0 radical (unpaired) electrons. The molecule has 1 unspecified atom stereocenters. The standard InChI is InChI=1S/C15H16N2O4/c1-3-5-11(13(19)16-8-18)17-14(20)10-7-4-6-9(2)12(10)15(17)21/h4,6-8,11H,3,5H2,1-2H3,(H,16,18,19). The molecule has 0 aliphatic carbocycles. The van der Waals surface area contributed by atoms with Gasteiger partial charge in [0.1, 0.15) is 6.04 Å². The predicted molar refractivity (Wildman–Crippen MR) is 74.6 cm³/mol. The maximum atomic E-state index is 12.5. The average Bonchev–Trinajstić information content (AvgIpc) is 2.70. The number of rotatable bonds is 5. The first-order valence-electron chi connectivity index (χ1n) is 6.74. The maximum absolute atomic E-state index is 12.5. The van der Waals surface area contributed by atoms with E-state index in [1.807, 2.05) is 12.2 Å². The highest BCUT2D eigenvalue weighted by Crippen LogP contribution is 2.28. The Labute approximate surface area is 122 Å². The first-order valence-corrected chi connectivity index (χ1v) is 6.74. The monoisotopic (exact) mass is 288 g/mol. The molecule has 0 spiro atoms. The molecule has 2 rings (SSSR count). The lowest BCUT2D eigenvalue weighted by atomic mass is 10.0. The van der Waals surface area contributed by atoms with Crippen molar-refractivity contribution in [1.82, 2.24) is 10.2 Å². The molecule has 110 valence electrons. The van der Waals surface area contributed by atoms with Crippen LogP contribution < -0.4 is 5.32 Å². The zero-order valence-electron chi connectivity index (χ0n) is 11.9. The number of carbonyl (C=O) groups is 4. The number of amides is 4. The summed E-state index contributed by atoms with van der Waals surface area (Å²) in [6.07, 6.45) is 1.17. The van der Waals surface area contributed by atoms with Crippen molar-refractivity contribution in [2.75, 3.05) is 0 Å². The van der Waals surface area contributed by atoms with Gasteiger partial charge in [-0.3, -0.25) is 29.4 Å². The van der Waals surface area contributed by atoms with E-state index in [0.717, 1.165) is 4.90 Å². The van der Waals surface area contributed by atoms with E-state index in [0.29, 0.717) is 29.5 Å². The van der Waals surface area contributed by atoms with E-state index in [1.54, 1.807) is 25.1 Å². The molecule has 1 heterocycles. The molecule has 1 aromatic carbocycles. The Kier molecular flexibility index (Phi) is 4.16. The number of nitrogens with zero attached hydrogens (tertiary/aromatic N) is 1. The van der Waals surface area contributed by atoms with Gasteiger partial charge in [-0.05, 0) is 25.0 Å². The highest BCUT2D eigenvalue weighted by Gasteiger charge is 2.42. The van der Waals surface area contributed by atoms with Crippen LogP contribution in [-0.4, -0.2) is 35.1 Å². The number of hydrogen-bond donors (Lipinski definition) is 1. The fourth-order valence-electron chi connectivity index (χ4n) is 2.56. The van der Waals surface area contributed by atoms with Crippen molar-refractivity contribution in [1.29, 1.82) is 0 Å². The van der Waals surface area contributed by atoms with Crippen molar-refractivity contribution in [2.24, 2.45) is 0 Å². The quantitative estimate of drug-likeness (QED) is 0.648. The molecule has 1 aromatic rings. The van der Waals surface area contributed by atoms with E-state index in [2.05, 4.69) is 0 Å². The number of benzene rings is 1. The average molecular weight is 288 g/mol. The van der Waals surface area contributed by atoms with Crippen LogP contribution in [0.25, 0.3) is 0 Å². The largest absolute Gasteiger partial charge is 0.297 e. The van der Waals surface area contributed by atoms with Crippen LogP contribution in [0.1, 0.15) is 46.0 Å². The number of nitrogens with one attached hydrogen (secondary N) is 1. The van der Waals surface area contributed by atoms with E-state index in [1.165, 1.54) is 0 Å². The summed E-state index contributed by atoms with van der Waals surface area (Å²) < 4.78 is 0. The van der Waals surface area contributed by atoms with Crippen molar-refractivity contribution < 1.29 is 19.2 Å². The van der Waals surface area contributed by atoms with Crippen LogP contribution in [-0.2, 0) is 9.59 Å². The molecule has 1 aliphatic rings. The molecule has 1 atom stereocenters. The summed E-state index contributed by atoms with van der Waals surface area (Å²) >= 11 is 0. The minimum Gasteiger partial charge on any atom is -0.297 e. The third-order valence-corrected chi connectivity index (χ3v) is 3.53. The van der Waals surface area contributed by atoms with Crippen molar-refractivity contribution in [3.8, 4) is 0 Å². The minimum absolute atomic E-state index is 0.258. The van der Waals surface area contributed by atoms with Gasteiger partial charge < -0.3 is 0 Å². The molecule has 1 aliphatic heterocycles. The van der Waals surface area contributed by atoms with E-state index in [9.17, 15) is 19.2 Å². The van der Waals surface area contributed by atoms with Gasteiger partial charge >= 0.3 is 0 Å². The van der Waals surface area contributed by atoms with Gasteiger partial charge in [-0.15, -0.1) is 0 Å². The van der Waals surface area contributed by atoms with Crippen LogP contribution in [0.5, 0.6) is 0 Å². The Morgan fingerprint density at radius 1 is 1.33 bits per heavy atom. The molecule has 0 bridgehead atoms. The highest BCUT2D eigenvalue weighted by molar-refractivity contribution is 6.23. The summed E-state index contributed by atoms with van der Waals surface area (Å²) in [5.41, 5.74) is 1.34. The van der Waals surface area contributed by atoms with Gasteiger partial charge in [-0.25, -0.2) is 0 Å². The van der Waals surface area contributed by atoms with Gasteiger partial charge in [-0.2, -0.15) is 0 Å². The molecule has 0 aromatic heterocycles. The van der Waals surface area contributed by atoms with E-state index < -0.39 is 23.8 Å². The van der Waals surface area contributed by atoms with Crippen molar-refractivity contribution in [3.63, 3.8) is 0 Å². The second-order valence-corrected chi connectivity index (χ2v) is 4.91. The van der Waals surface area contributed by atoms with Gasteiger partial charge in [0.05, 0.1) is 11.1 Å². The lowest BCUT2D eigenvalue weighted by molar-refractivity contribution is -0.128. The Morgan fingerprint density at radius 3 is 2.62 bits per heavy atom. The summed E-state index contributed by atoms with van der Waals surface area (Å²) in [6, 6.07) is 4.05. The van der Waals surface area contributed by atoms with Gasteiger partial charge in [-0.1, -0.05) is 25.5 Å². The molecular weight excluding hydrogens is 272 g/mol. The second kappa shape index (κ2) is 5.87. The normalized spacial score (nSPS) is 14.9. The molecule has 4 amide bonds. The lowest BCUT2D eigenvalue weighted by Crippen LogP contribution is -2.49. The van der Waals surface area contributed by atoms with E-state index in [-0.39, 0.29) is 6.41 Å². The maximum Gasteiger partial charge on any atom is 0.262 e. The number of imide groups is 2. The molecular formula is C15H16N2O4. The third kappa shape index (κ3) is 2.44. The van der Waals surface area contributed by atoms with Crippen LogP contribution in [0, 0.1) is 6.92 Å². The van der Waals surface area contributed by atoms with Crippen LogP contribution >= 0.6 is 0 Å². The van der Waals surface area contributed by atoms with Gasteiger partial charge in [0.15, 0.2) is 0 Å². The SMILES string of the molecule is CCCC(C(=O)NC=O)N1C(=O)c2cccc(C)c2C1=O. The fraction of sp³-hybridized carbons (Fsp3) is 0.333. The Morgan fingerprint density at radius 2 is 2.05 bits per heavy atom. The second-order valence-electron chi connectivity index (χ2n) is 4.91. The molecule has 6 nitrogen and oxygen atoms in total. The van der Waals surface area contributed by atoms with Gasteiger partial charge in [0, 0.05) is 0 Å². The molecule has 0 fully saturated rings. The molecule has 0 saturated carbocycles. The van der Waals surface area contributed by atoms with Crippen molar-refractivity contribution in [2.45, 2.75) is 32.7 Å². The topological polar surface area (TPSA) is 83.6 Å². The molecule has 6 heteroatoms. The Balaban J connectivity index is 2.43. The Bertz CT molecular complexity index is 624. The third-order valence-electron chi connectivity index (χ3n) is 3.53. The molecule has 0 saturated heterocycles. The summed E-state index contributed by atoms with van der Waals surface area (Å²) in [6.45, 7) is 3.58. The van der Waals surface area contributed by atoms with E-state index >= 15 is 0 Å². The van der Waals surface area contributed by atoms with Crippen molar-refractivity contribution in [3.05, 3.63) is 34.9 Å². The highest BCUT2D eigenvalue weighted by atomic mass is 16.2. The zero-order chi connectivity index (χ0) is 15.6. The summed E-state index contributed by atoms with van der Waals surface area (Å²) in [5, 5.41) is 2.02. The van der Waals surface area contributed by atoms with Crippen LogP contribution in [0.15, 0.2) is 18.2 Å². The first kappa shape index (κ1) is 14.9. The van der Waals surface area contributed by atoms with Crippen LogP contribution in [0.3, 0.4) is 0 Å². The summed E-state index contributed by atoms with van der Waals surface area (Å²) in [4.78, 5) is 48.3. The smallest absolute Gasteiger partial charge is 0.262 e. The molecule has 1 N–H and O–H groups in total.